The molecule has 0 spiro atoms. The molecule has 5 rings (SSSR count). The number of aromatic nitrogens is 5. The molecular formula is C25H31N7OS. The molecule has 9 heteroatoms. The molecule has 4 aromatic rings. The van der Waals surface area contributed by atoms with E-state index in [2.05, 4.69) is 48.1 Å². The van der Waals surface area contributed by atoms with Gasteiger partial charge in [0.2, 0.25) is 5.95 Å². The van der Waals surface area contributed by atoms with Gasteiger partial charge >= 0.3 is 0 Å². The molecule has 0 aliphatic heterocycles. The maximum Gasteiger partial charge on any atom is 0.227 e. The lowest BCUT2D eigenvalue weighted by Crippen LogP contribution is -2.31. The second-order valence-electron chi connectivity index (χ2n) is 8.98. The number of aliphatic hydroxyl groups is 1. The van der Waals surface area contributed by atoms with Crippen molar-refractivity contribution in [3.63, 3.8) is 0 Å². The fourth-order valence-corrected chi connectivity index (χ4v) is 5.23. The number of nitrogens with one attached hydrogen (secondary N) is 2. The van der Waals surface area contributed by atoms with Crippen molar-refractivity contribution in [3.05, 3.63) is 47.0 Å². The Morgan fingerprint density at radius 3 is 2.71 bits per heavy atom. The number of anilines is 2. The van der Waals surface area contributed by atoms with E-state index in [-0.39, 0.29) is 6.04 Å². The molecule has 178 valence electrons. The van der Waals surface area contributed by atoms with E-state index < -0.39 is 6.10 Å². The predicted octanol–water partition coefficient (Wildman–Crippen LogP) is 5.25. The third-order valence-electron chi connectivity index (χ3n) is 6.58. The topological polar surface area (TPSA) is 101 Å². The average Bonchev–Trinajstić information content (AvgIpc) is 3.62. The number of imidazole rings is 1. The Bertz CT molecular complexity index is 1210. The van der Waals surface area contributed by atoms with Crippen molar-refractivity contribution < 1.29 is 5.11 Å². The Morgan fingerprint density at radius 1 is 1.18 bits per heavy atom. The highest BCUT2D eigenvalue weighted by atomic mass is 32.1. The van der Waals surface area contributed by atoms with Crippen LogP contribution in [0.3, 0.4) is 0 Å². The summed E-state index contributed by atoms with van der Waals surface area (Å²) in [4.78, 5) is 18.9. The van der Waals surface area contributed by atoms with Crippen LogP contribution in [0.2, 0.25) is 0 Å². The number of fused-ring (bicyclic) bond motifs is 1. The van der Waals surface area contributed by atoms with Gasteiger partial charge in [-0.25, -0.2) is 4.98 Å². The van der Waals surface area contributed by atoms with Gasteiger partial charge in [0.1, 0.15) is 0 Å². The highest BCUT2D eigenvalue weighted by Gasteiger charge is 2.23. The molecule has 1 saturated carbocycles. The van der Waals surface area contributed by atoms with Gasteiger partial charge in [0, 0.05) is 29.7 Å². The van der Waals surface area contributed by atoms with Crippen molar-refractivity contribution in [1.82, 2.24) is 24.5 Å². The lowest BCUT2D eigenvalue weighted by molar-refractivity contribution is 0.169. The summed E-state index contributed by atoms with van der Waals surface area (Å²) in [6.45, 7) is 4.40. The first-order valence-electron chi connectivity index (χ1n) is 12.0. The van der Waals surface area contributed by atoms with Crippen LogP contribution in [0.4, 0.5) is 11.8 Å². The van der Waals surface area contributed by atoms with E-state index in [0.717, 1.165) is 47.2 Å². The van der Waals surface area contributed by atoms with Crippen molar-refractivity contribution in [2.75, 3.05) is 10.6 Å². The molecule has 1 aliphatic carbocycles. The molecule has 34 heavy (non-hydrogen) atoms. The molecule has 8 nitrogen and oxygen atoms in total. The Kier molecular flexibility index (Phi) is 6.73. The molecule has 0 radical (unpaired) electrons. The number of nitrogens with zero attached hydrogens (tertiary/aromatic N) is 5. The average molecular weight is 478 g/mol. The lowest BCUT2D eigenvalue weighted by atomic mass is 10.1. The lowest BCUT2D eigenvalue weighted by Gasteiger charge is -2.20. The second-order valence-corrected chi connectivity index (χ2v) is 9.76. The van der Waals surface area contributed by atoms with Gasteiger partial charge in [-0.3, -0.25) is 4.98 Å². The predicted molar refractivity (Wildman–Crippen MR) is 137 cm³/mol. The van der Waals surface area contributed by atoms with E-state index in [0.29, 0.717) is 24.4 Å². The molecule has 2 unspecified atom stereocenters. The van der Waals surface area contributed by atoms with Crippen LogP contribution in [0.1, 0.15) is 57.6 Å². The van der Waals surface area contributed by atoms with E-state index in [1.165, 1.54) is 12.8 Å². The van der Waals surface area contributed by atoms with Crippen LogP contribution in [0, 0.1) is 0 Å². The highest BCUT2D eigenvalue weighted by molar-refractivity contribution is 7.08. The molecule has 1 fully saturated rings. The van der Waals surface area contributed by atoms with Gasteiger partial charge < -0.3 is 20.3 Å². The zero-order chi connectivity index (χ0) is 23.5. The molecule has 3 N–H and O–H groups in total. The molecule has 1 aliphatic rings. The van der Waals surface area contributed by atoms with Crippen LogP contribution in [0.5, 0.6) is 0 Å². The molecule has 4 heterocycles. The van der Waals surface area contributed by atoms with Gasteiger partial charge in [-0.2, -0.15) is 21.3 Å². The van der Waals surface area contributed by atoms with Gasteiger partial charge in [0.15, 0.2) is 17.0 Å². The monoisotopic (exact) mass is 477 g/mol. The zero-order valence-corrected chi connectivity index (χ0v) is 20.4. The Hall–Kier alpha value is -3.04. The summed E-state index contributed by atoms with van der Waals surface area (Å²) in [6, 6.07) is 6.51. The van der Waals surface area contributed by atoms with E-state index >= 15 is 0 Å². The van der Waals surface area contributed by atoms with Gasteiger partial charge in [-0.15, -0.1) is 0 Å². The third kappa shape index (κ3) is 4.76. The second kappa shape index (κ2) is 10.1. The van der Waals surface area contributed by atoms with Crippen LogP contribution in [-0.2, 0) is 6.54 Å². The number of hydrogen-bond acceptors (Lipinski definition) is 8. The normalized spacial score (nSPS) is 16.1. The van der Waals surface area contributed by atoms with Gasteiger partial charge in [0.05, 0.1) is 24.2 Å². The Labute approximate surface area is 203 Å². The summed E-state index contributed by atoms with van der Waals surface area (Å²) in [5, 5.41) is 21.1. The minimum absolute atomic E-state index is 0.123. The minimum Gasteiger partial charge on any atom is -0.391 e. The SMILES string of the molecule is CCC(Nc1nc(NCc2ccc(-c3ccsc3)nc2)c2ncn(C3CCCC3)c2n1)C(C)O. The van der Waals surface area contributed by atoms with Crippen LogP contribution in [0.15, 0.2) is 41.5 Å². The summed E-state index contributed by atoms with van der Waals surface area (Å²) in [6.07, 6.45) is 8.82. The first-order valence-corrected chi connectivity index (χ1v) is 13.0. The van der Waals surface area contributed by atoms with Crippen LogP contribution >= 0.6 is 11.3 Å². The number of aliphatic hydroxyl groups excluding tert-OH is 1. The summed E-state index contributed by atoms with van der Waals surface area (Å²) < 4.78 is 2.20. The number of rotatable bonds is 9. The third-order valence-corrected chi connectivity index (χ3v) is 7.26. The van der Waals surface area contributed by atoms with Crippen LogP contribution in [-0.4, -0.2) is 41.8 Å². The maximum atomic E-state index is 10.1. The summed E-state index contributed by atoms with van der Waals surface area (Å²) in [5.74, 6) is 1.19. The van der Waals surface area contributed by atoms with E-state index in [1.807, 2.05) is 25.5 Å². The number of hydrogen-bond donors (Lipinski definition) is 3. The fourth-order valence-electron chi connectivity index (χ4n) is 4.58. The van der Waals surface area contributed by atoms with Crippen molar-refractivity contribution in [2.24, 2.45) is 0 Å². The molecule has 0 aromatic carbocycles. The van der Waals surface area contributed by atoms with E-state index in [1.54, 1.807) is 18.3 Å². The van der Waals surface area contributed by atoms with E-state index in [9.17, 15) is 5.11 Å². The summed E-state index contributed by atoms with van der Waals surface area (Å²) in [5.41, 5.74) is 4.77. The Balaban J connectivity index is 1.42. The maximum absolute atomic E-state index is 10.1. The first kappa shape index (κ1) is 22.7. The number of thiophene rings is 1. The quantitative estimate of drug-likeness (QED) is 0.303. The number of pyridine rings is 1. The summed E-state index contributed by atoms with van der Waals surface area (Å²) >= 11 is 1.67. The van der Waals surface area contributed by atoms with Gasteiger partial charge in [-0.1, -0.05) is 25.8 Å². The molecule has 0 bridgehead atoms. The largest absolute Gasteiger partial charge is 0.391 e. The molecule has 2 atom stereocenters. The van der Waals surface area contributed by atoms with E-state index in [4.69, 9.17) is 9.97 Å². The van der Waals surface area contributed by atoms with Crippen molar-refractivity contribution in [3.8, 4) is 11.3 Å². The standard InChI is InChI=1S/C25H31N7OS/c1-3-20(16(2)33)29-25-30-23(22-24(31-25)32(15-28-22)19-6-4-5-7-19)27-13-17-8-9-21(26-12-17)18-10-11-34-14-18/h8-12,14-16,19-20,33H,3-7,13H2,1-2H3,(H2,27,29,30,31). The van der Waals surface area contributed by atoms with Gasteiger partial charge in [0.25, 0.3) is 0 Å². The molecular weight excluding hydrogens is 446 g/mol. The molecule has 0 amide bonds. The molecule has 0 saturated heterocycles. The van der Waals surface area contributed by atoms with Gasteiger partial charge in [-0.05, 0) is 49.3 Å². The smallest absolute Gasteiger partial charge is 0.227 e. The highest BCUT2D eigenvalue weighted by Crippen LogP contribution is 2.33. The molecule has 4 aromatic heterocycles. The van der Waals surface area contributed by atoms with Crippen molar-refractivity contribution in [2.45, 2.75) is 70.7 Å². The Morgan fingerprint density at radius 2 is 2.03 bits per heavy atom. The zero-order valence-electron chi connectivity index (χ0n) is 19.6. The van der Waals surface area contributed by atoms with Crippen molar-refractivity contribution >= 4 is 34.3 Å². The minimum atomic E-state index is -0.506. The summed E-state index contributed by atoms with van der Waals surface area (Å²) in [7, 11) is 0. The fraction of sp³-hybridized carbons (Fsp3) is 0.440. The van der Waals surface area contributed by atoms with Crippen molar-refractivity contribution in [1.29, 1.82) is 0 Å². The van der Waals surface area contributed by atoms with Crippen LogP contribution in [0.25, 0.3) is 22.4 Å². The van der Waals surface area contributed by atoms with Crippen LogP contribution < -0.4 is 10.6 Å². The first-order chi connectivity index (χ1) is 16.6.